The molecule has 0 aromatic heterocycles. The molecule has 1 N–H and O–H groups in total. The topological polar surface area (TPSA) is 84.9 Å². The molecule has 7 nitrogen and oxygen atoms in total. The lowest BCUT2D eigenvalue weighted by atomic mass is 9.93. The summed E-state index contributed by atoms with van der Waals surface area (Å²) in [4.78, 5) is 38.9. The molecule has 0 heterocycles. The number of rotatable bonds is 9. The van der Waals surface area contributed by atoms with Crippen LogP contribution in [-0.4, -0.2) is 49.0 Å². The van der Waals surface area contributed by atoms with Gasteiger partial charge in [-0.25, -0.2) is 4.39 Å². The van der Waals surface area contributed by atoms with Gasteiger partial charge >= 0.3 is 5.97 Å². The fourth-order valence-corrected chi connectivity index (χ4v) is 3.87. The van der Waals surface area contributed by atoms with E-state index in [2.05, 4.69) is 5.32 Å². The number of amides is 2. The Balaban J connectivity index is 1.51. The molecule has 1 aliphatic carbocycles. The molecule has 2 aromatic carbocycles. The molecule has 0 radical (unpaired) electrons. The van der Waals surface area contributed by atoms with Gasteiger partial charge in [0.25, 0.3) is 11.8 Å². The molecule has 1 aliphatic rings. The van der Waals surface area contributed by atoms with Gasteiger partial charge in [-0.1, -0.05) is 31.4 Å². The van der Waals surface area contributed by atoms with Gasteiger partial charge in [-0.15, -0.1) is 0 Å². The number of benzene rings is 2. The van der Waals surface area contributed by atoms with Crippen LogP contribution in [0.2, 0.25) is 0 Å². The second-order valence-corrected chi connectivity index (χ2v) is 8.01. The molecule has 3 rings (SSSR count). The first-order valence-corrected chi connectivity index (χ1v) is 11.1. The first kappa shape index (κ1) is 24.2. The zero-order chi connectivity index (χ0) is 23.6. The van der Waals surface area contributed by atoms with Crippen molar-refractivity contribution < 1.29 is 28.2 Å². The van der Waals surface area contributed by atoms with E-state index in [-0.39, 0.29) is 24.3 Å². The van der Waals surface area contributed by atoms with E-state index in [1.807, 2.05) is 0 Å². The molecule has 176 valence electrons. The second kappa shape index (κ2) is 12.0. The van der Waals surface area contributed by atoms with Crippen molar-refractivity contribution in [2.75, 3.05) is 20.3 Å². The van der Waals surface area contributed by atoms with Crippen molar-refractivity contribution in [2.24, 2.45) is 0 Å². The van der Waals surface area contributed by atoms with E-state index in [4.69, 9.17) is 9.47 Å². The molecule has 0 bridgehead atoms. The third-order valence-electron chi connectivity index (χ3n) is 5.70. The summed E-state index contributed by atoms with van der Waals surface area (Å²) in [7, 11) is 1.53. The van der Waals surface area contributed by atoms with Gasteiger partial charge in [0.05, 0.1) is 7.11 Å². The van der Waals surface area contributed by atoms with Crippen LogP contribution in [0.3, 0.4) is 0 Å². The number of nitrogens with zero attached hydrogens (tertiary/aromatic N) is 1. The van der Waals surface area contributed by atoms with Crippen LogP contribution >= 0.6 is 0 Å². The quantitative estimate of drug-likeness (QED) is 0.584. The molecule has 0 saturated heterocycles. The minimum atomic E-state index is -0.699. The van der Waals surface area contributed by atoms with Crippen molar-refractivity contribution >= 4 is 17.8 Å². The summed E-state index contributed by atoms with van der Waals surface area (Å²) < 4.78 is 23.4. The van der Waals surface area contributed by atoms with Crippen LogP contribution < -0.4 is 10.1 Å². The molecule has 0 aliphatic heterocycles. The van der Waals surface area contributed by atoms with Gasteiger partial charge in [0.2, 0.25) is 0 Å². The third-order valence-corrected chi connectivity index (χ3v) is 5.70. The number of carbonyl (C=O) groups excluding carboxylic acids is 3. The third kappa shape index (κ3) is 7.30. The number of carbonyl (C=O) groups is 3. The number of hydrogen-bond acceptors (Lipinski definition) is 5. The molecule has 0 atom stereocenters. The van der Waals surface area contributed by atoms with E-state index < -0.39 is 18.5 Å². The van der Waals surface area contributed by atoms with E-state index in [1.54, 1.807) is 41.3 Å². The van der Waals surface area contributed by atoms with Gasteiger partial charge in [-0.3, -0.25) is 14.4 Å². The number of methoxy groups -OCH3 is 1. The number of ether oxygens (including phenoxy) is 2. The molecule has 2 amide bonds. The molecule has 1 saturated carbocycles. The maximum atomic E-state index is 13.2. The molecular weight excluding hydrogens is 427 g/mol. The zero-order valence-electron chi connectivity index (χ0n) is 18.7. The molecule has 2 aromatic rings. The van der Waals surface area contributed by atoms with E-state index in [1.165, 1.54) is 19.2 Å². The average Bonchev–Trinajstić information content (AvgIpc) is 2.86. The van der Waals surface area contributed by atoms with Gasteiger partial charge in [0.1, 0.15) is 18.1 Å². The fourth-order valence-electron chi connectivity index (χ4n) is 3.87. The lowest BCUT2D eigenvalue weighted by Crippen LogP contribution is -2.43. The average molecular weight is 457 g/mol. The normalized spacial score (nSPS) is 13.8. The van der Waals surface area contributed by atoms with Crippen LogP contribution in [0.25, 0.3) is 0 Å². The number of hydrogen-bond donors (Lipinski definition) is 1. The highest BCUT2D eigenvalue weighted by Gasteiger charge is 2.26. The Labute approximate surface area is 192 Å². The van der Waals surface area contributed by atoms with Crippen molar-refractivity contribution in [3.8, 4) is 5.75 Å². The first-order chi connectivity index (χ1) is 16.0. The minimum Gasteiger partial charge on any atom is -0.497 e. The zero-order valence-corrected chi connectivity index (χ0v) is 18.7. The van der Waals surface area contributed by atoms with Gasteiger partial charge in [-0.05, 0) is 54.8 Å². The summed E-state index contributed by atoms with van der Waals surface area (Å²) in [5.41, 5.74) is 1.19. The molecule has 0 unspecified atom stereocenters. The second-order valence-electron chi connectivity index (χ2n) is 8.01. The highest BCUT2D eigenvalue weighted by atomic mass is 19.1. The molecule has 33 heavy (non-hydrogen) atoms. The Kier molecular flexibility index (Phi) is 8.80. The lowest BCUT2D eigenvalue weighted by Gasteiger charge is -2.34. The van der Waals surface area contributed by atoms with Crippen LogP contribution in [0.1, 0.15) is 48.0 Å². The molecule has 1 fully saturated rings. The van der Waals surface area contributed by atoms with Gasteiger partial charge in [0.15, 0.2) is 6.61 Å². The maximum absolute atomic E-state index is 13.2. The first-order valence-electron chi connectivity index (χ1n) is 11.1. The summed E-state index contributed by atoms with van der Waals surface area (Å²) in [5.74, 6) is -1.15. The molecule has 8 heteroatoms. The highest BCUT2D eigenvalue weighted by Crippen LogP contribution is 2.24. The molecule has 0 spiro atoms. The van der Waals surface area contributed by atoms with Gasteiger partial charge in [-0.2, -0.15) is 0 Å². The number of halogens is 1. The summed E-state index contributed by atoms with van der Waals surface area (Å²) in [6.45, 7) is -0.427. The fraction of sp³-hybridized carbons (Fsp3) is 0.400. The predicted octanol–water partition coefficient (Wildman–Crippen LogP) is 3.47. The summed E-state index contributed by atoms with van der Waals surface area (Å²) >= 11 is 0. The Bertz CT molecular complexity index is 940. The van der Waals surface area contributed by atoms with Crippen molar-refractivity contribution in [2.45, 2.75) is 44.7 Å². The van der Waals surface area contributed by atoms with E-state index in [9.17, 15) is 18.8 Å². The van der Waals surface area contributed by atoms with Crippen molar-refractivity contribution in [1.29, 1.82) is 0 Å². The summed E-state index contributed by atoms with van der Waals surface area (Å²) in [6.07, 6.45) is 4.99. The highest BCUT2D eigenvalue weighted by molar-refractivity contribution is 5.96. The van der Waals surface area contributed by atoms with Gasteiger partial charge in [0, 0.05) is 18.2 Å². The Morgan fingerprint density at radius 1 is 1.00 bits per heavy atom. The molecular formula is C25H29FN2O5. The van der Waals surface area contributed by atoms with Crippen molar-refractivity contribution in [1.82, 2.24) is 10.2 Å². The predicted molar refractivity (Wildman–Crippen MR) is 120 cm³/mol. The lowest BCUT2D eigenvalue weighted by molar-refractivity contribution is -0.152. The minimum absolute atomic E-state index is 0.0600. The standard InChI is InChI=1S/C25H29FN2O5/c1-32-22-13-9-19(10-14-22)25(31)27-15-24(30)33-17-23(29)28(21-5-3-2-4-6-21)16-18-7-11-20(26)12-8-18/h7-14,21H,2-6,15-17H2,1H3,(H,27,31). The van der Waals surface area contributed by atoms with Crippen LogP contribution in [-0.2, 0) is 20.9 Å². The Morgan fingerprint density at radius 3 is 2.30 bits per heavy atom. The summed E-state index contributed by atoms with van der Waals surface area (Å²) in [6, 6.07) is 12.6. The van der Waals surface area contributed by atoms with Gasteiger partial charge < -0.3 is 19.7 Å². The smallest absolute Gasteiger partial charge is 0.325 e. The van der Waals surface area contributed by atoms with Crippen LogP contribution in [0.5, 0.6) is 5.75 Å². The Morgan fingerprint density at radius 2 is 1.67 bits per heavy atom. The number of esters is 1. The number of nitrogens with one attached hydrogen (secondary N) is 1. The van der Waals surface area contributed by atoms with Crippen LogP contribution in [0.4, 0.5) is 4.39 Å². The van der Waals surface area contributed by atoms with Crippen LogP contribution in [0.15, 0.2) is 48.5 Å². The Hall–Kier alpha value is -3.42. The monoisotopic (exact) mass is 456 g/mol. The van der Waals surface area contributed by atoms with Crippen molar-refractivity contribution in [3.05, 3.63) is 65.5 Å². The largest absolute Gasteiger partial charge is 0.497 e. The SMILES string of the molecule is COc1ccc(C(=O)NCC(=O)OCC(=O)N(Cc2ccc(F)cc2)C2CCCCC2)cc1. The van der Waals surface area contributed by atoms with E-state index in [0.29, 0.717) is 17.9 Å². The van der Waals surface area contributed by atoms with Crippen LogP contribution in [0, 0.1) is 5.82 Å². The summed E-state index contributed by atoms with van der Waals surface area (Å²) in [5, 5.41) is 2.48. The van der Waals surface area contributed by atoms with E-state index >= 15 is 0 Å². The van der Waals surface area contributed by atoms with E-state index in [0.717, 1.165) is 37.7 Å². The van der Waals surface area contributed by atoms with Crippen molar-refractivity contribution in [3.63, 3.8) is 0 Å². The maximum Gasteiger partial charge on any atom is 0.325 e.